The van der Waals surface area contributed by atoms with Crippen molar-refractivity contribution in [3.8, 4) is 22.5 Å². The van der Waals surface area contributed by atoms with E-state index >= 15 is 0 Å². The lowest BCUT2D eigenvalue weighted by atomic mass is 10.1. The van der Waals surface area contributed by atoms with E-state index in [0.717, 1.165) is 22.5 Å². The Labute approximate surface area is 166 Å². The largest absolute Gasteiger partial charge is 0.435 e. The van der Waals surface area contributed by atoms with Crippen molar-refractivity contribution in [3.05, 3.63) is 102 Å². The van der Waals surface area contributed by atoms with Crippen molar-refractivity contribution >= 4 is 27.2 Å². The predicted octanol–water partition coefficient (Wildman–Crippen LogP) is 5.78. The molecule has 5 heteroatoms. The van der Waals surface area contributed by atoms with Gasteiger partial charge in [0.25, 0.3) is 0 Å². The first-order valence-electron chi connectivity index (χ1n) is 8.96. The van der Waals surface area contributed by atoms with Gasteiger partial charge in [-0.15, -0.1) is 11.3 Å². The Kier molecular flexibility index (Phi) is 4.27. The molecule has 28 heavy (non-hydrogen) atoms. The van der Waals surface area contributed by atoms with Crippen LogP contribution in [-0.4, -0.2) is 9.97 Å². The smallest absolute Gasteiger partial charge is 0.182 e. The Bertz CT molecular complexity index is 1230. The molecule has 0 unspecified atom stereocenters. The van der Waals surface area contributed by atoms with Crippen LogP contribution in [0.15, 0.2) is 96.8 Å². The number of rotatable bonds is 4. The summed E-state index contributed by atoms with van der Waals surface area (Å²) in [6.45, 7) is 0. The Morgan fingerprint density at radius 3 is 2.43 bits per heavy atom. The van der Waals surface area contributed by atoms with Crippen LogP contribution in [0, 0.1) is 0 Å². The summed E-state index contributed by atoms with van der Waals surface area (Å²) in [5, 5.41) is 3.34. The third-order valence-electron chi connectivity index (χ3n) is 4.47. The SMILES string of the molecule is c1ccc(-c2nc(-c3csc4ccccc34)cnc2[N-][n+]2ccccc2)cc1. The zero-order chi connectivity index (χ0) is 18.8. The molecule has 3 aromatic heterocycles. The lowest BCUT2D eigenvalue weighted by Crippen LogP contribution is -2.26. The molecular weight excluding hydrogens is 364 g/mol. The van der Waals surface area contributed by atoms with Crippen LogP contribution in [0.4, 0.5) is 5.82 Å². The maximum absolute atomic E-state index is 4.97. The molecule has 0 radical (unpaired) electrons. The highest BCUT2D eigenvalue weighted by Crippen LogP contribution is 2.35. The molecule has 0 atom stereocenters. The molecule has 0 spiro atoms. The molecule has 0 fully saturated rings. The number of aromatic nitrogens is 3. The second-order valence-electron chi connectivity index (χ2n) is 6.29. The first-order valence-corrected chi connectivity index (χ1v) is 9.84. The zero-order valence-electron chi connectivity index (χ0n) is 14.9. The summed E-state index contributed by atoms with van der Waals surface area (Å²) in [7, 11) is 0. The van der Waals surface area contributed by atoms with Gasteiger partial charge in [0.2, 0.25) is 0 Å². The summed E-state index contributed by atoms with van der Waals surface area (Å²) in [4.78, 5) is 9.64. The van der Waals surface area contributed by atoms with Gasteiger partial charge in [0, 0.05) is 44.5 Å². The summed E-state index contributed by atoms with van der Waals surface area (Å²) in [6, 6.07) is 24.3. The Hall–Kier alpha value is -3.57. The van der Waals surface area contributed by atoms with Crippen LogP contribution in [0.5, 0.6) is 0 Å². The monoisotopic (exact) mass is 380 g/mol. The van der Waals surface area contributed by atoms with Crippen molar-refractivity contribution in [2.75, 3.05) is 0 Å². The number of benzene rings is 2. The summed E-state index contributed by atoms with van der Waals surface area (Å²) in [5.74, 6) is 0.589. The molecule has 0 aliphatic rings. The second kappa shape index (κ2) is 7.21. The Morgan fingerprint density at radius 1 is 0.821 bits per heavy atom. The fourth-order valence-electron chi connectivity index (χ4n) is 3.12. The van der Waals surface area contributed by atoms with E-state index in [0.29, 0.717) is 5.82 Å². The van der Waals surface area contributed by atoms with Crippen LogP contribution in [-0.2, 0) is 0 Å². The van der Waals surface area contributed by atoms with E-state index < -0.39 is 0 Å². The maximum atomic E-state index is 4.97. The molecule has 0 saturated heterocycles. The molecule has 5 rings (SSSR count). The van der Waals surface area contributed by atoms with Crippen molar-refractivity contribution in [1.82, 2.24) is 9.97 Å². The Balaban J connectivity index is 1.65. The lowest BCUT2D eigenvalue weighted by Gasteiger charge is -2.15. The molecule has 0 saturated carbocycles. The van der Waals surface area contributed by atoms with Gasteiger partial charge in [0.1, 0.15) is 0 Å². The van der Waals surface area contributed by atoms with Crippen molar-refractivity contribution < 1.29 is 4.68 Å². The minimum atomic E-state index is 0.589. The highest BCUT2D eigenvalue weighted by atomic mass is 32.1. The quantitative estimate of drug-likeness (QED) is 0.371. The van der Waals surface area contributed by atoms with Crippen molar-refractivity contribution in [3.63, 3.8) is 0 Å². The third kappa shape index (κ3) is 3.12. The predicted molar refractivity (Wildman–Crippen MR) is 113 cm³/mol. The van der Waals surface area contributed by atoms with Crippen molar-refractivity contribution in [1.29, 1.82) is 0 Å². The van der Waals surface area contributed by atoms with E-state index in [1.807, 2.05) is 67.1 Å². The molecule has 0 N–H and O–H groups in total. The van der Waals surface area contributed by atoms with Gasteiger partial charge in [-0.2, -0.15) is 10.1 Å². The molecular formula is C23H16N4S. The van der Waals surface area contributed by atoms with Crippen LogP contribution in [0.1, 0.15) is 0 Å². The van der Waals surface area contributed by atoms with Gasteiger partial charge in [0.15, 0.2) is 12.4 Å². The van der Waals surface area contributed by atoms with Gasteiger partial charge in [-0.25, -0.2) is 4.98 Å². The average molecular weight is 380 g/mol. The van der Waals surface area contributed by atoms with Gasteiger partial charge < -0.3 is 4.98 Å². The number of pyridine rings is 1. The van der Waals surface area contributed by atoms with E-state index in [9.17, 15) is 0 Å². The highest BCUT2D eigenvalue weighted by molar-refractivity contribution is 7.17. The average Bonchev–Trinajstić information content (AvgIpc) is 3.20. The number of hydrogen-bond acceptors (Lipinski definition) is 3. The van der Waals surface area contributed by atoms with E-state index in [1.54, 1.807) is 16.0 Å². The fraction of sp³-hybridized carbons (Fsp3) is 0. The van der Waals surface area contributed by atoms with Crippen molar-refractivity contribution in [2.24, 2.45) is 0 Å². The van der Waals surface area contributed by atoms with Crippen LogP contribution in [0.3, 0.4) is 0 Å². The summed E-state index contributed by atoms with van der Waals surface area (Å²) in [6.07, 6.45) is 5.58. The zero-order valence-corrected chi connectivity index (χ0v) is 15.8. The topological polar surface area (TPSA) is 43.8 Å². The molecule has 0 amide bonds. The van der Waals surface area contributed by atoms with Crippen molar-refractivity contribution in [2.45, 2.75) is 0 Å². The highest BCUT2D eigenvalue weighted by Gasteiger charge is 2.11. The second-order valence-corrected chi connectivity index (χ2v) is 7.21. The minimum absolute atomic E-state index is 0.589. The molecule has 2 aromatic carbocycles. The molecule has 3 heterocycles. The summed E-state index contributed by atoms with van der Waals surface area (Å²) < 4.78 is 2.99. The minimum Gasteiger partial charge on any atom is -0.435 e. The first-order chi connectivity index (χ1) is 13.9. The molecule has 0 aliphatic carbocycles. The summed E-state index contributed by atoms with van der Waals surface area (Å²) >= 11 is 1.72. The number of hydrogen-bond donors (Lipinski definition) is 0. The van der Waals surface area contributed by atoms with E-state index in [4.69, 9.17) is 4.98 Å². The summed E-state index contributed by atoms with van der Waals surface area (Å²) in [5.41, 5.74) is 8.36. The third-order valence-corrected chi connectivity index (χ3v) is 5.43. The van der Waals surface area contributed by atoms with Gasteiger partial charge in [-0.05, 0) is 6.07 Å². The lowest BCUT2D eigenvalue weighted by molar-refractivity contribution is -0.619. The first kappa shape index (κ1) is 16.6. The number of nitrogens with zero attached hydrogens (tertiary/aromatic N) is 4. The standard InChI is InChI=1S/C23H16N4S/c1-3-9-17(10-4-1)22-23(26-27-13-7-2-8-14-27)24-15-20(25-22)19-16-28-21-12-6-5-11-18(19)21/h1-16H. The van der Waals surface area contributed by atoms with E-state index in [2.05, 4.69) is 40.1 Å². The molecule has 0 aliphatic heterocycles. The molecule has 4 nitrogen and oxygen atoms in total. The van der Waals surface area contributed by atoms with Gasteiger partial charge >= 0.3 is 0 Å². The van der Waals surface area contributed by atoms with Crippen LogP contribution < -0.4 is 4.68 Å². The van der Waals surface area contributed by atoms with Crippen LogP contribution >= 0.6 is 11.3 Å². The molecule has 134 valence electrons. The van der Waals surface area contributed by atoms with Gasteiger partial charge in [0.05, 0.1) is 11.4 Å². The van der Waals surface area contributed by atoms with Crippen LogP contribution in [0.25, 0.3) is 38.0 Å². The number of fused-ring (bicyclic) bond motifs is 1. The maximum Gasteiger partial charge on any atom is 0.182 e. The van der Waals surface area contributed by atoms with Gasteiger partial charge in [-0.1, -0.05) is 60.8 Å². The fourth-order valence-corrected chi connectivity index (χ4v) is 4.07. The Morgan fingerprint density at radius 2 is 1.57 bits per heavy atom. The van der Waals surface area contributed by atoms with Gasteiger partial charge in [-0.3, -0.25) is 0 Å². The molecule has 0 bridgehead atoms. The normalized spacial score (nSPS) is 10.9. The molecule has 5 aromatic rings. The number of thiophene rings is 1. The van der Waals surface area contributed by atoms with E-state index in [1.165, 1.54) is 10.1 Å². The van der Waals surface area contributed by atoms with Crippen LogP contribution in [0.2, 0.25) is 0 Å². The van der Waals surface area contributed by atoms with E-state index in [-0.39, 0.29) is 0 Å².